The van der Waals surface area contributed by atoms with Gasteiger partial charge in [-0.25, -0.2) is 0 Å². The minimum absolute atomic E-state index is 0.299. The normalized spacial score (nSPS) is 18.4. The Bertz CT molecular complexity index is 393. The molecule has 0 spiro atoms. The van der Waals surface area contributed by atoms with Crippen LogP contribution in [0.2, 0.25) is 0 Å². The Kier molecular flexibility index (Phi) is 1.96. The number of carbonyl (C=O) groups excluding carboxylic acids is 1. The van der Waals surface area contributed by atoms with Crippen molar-refractivity contribution in [1.82, 2.24) is 0 Å². The zero-order valence-electron chi connectivity index (χ0n) is 8.63. The van der Waals surface area contributed by atoms with E-state index < -0.39 is 0 Å². The largest absolute Gasteiger partial charge is 0.326 e. The Morgan fingerprint density at radius 1 is 1.43 bits per heavy atom. The highest BCUT2D eigenvalue weighted by Crippen LogP contribution is 2.36. The third-order valence-corrected chi connectivity index (χ3v) is 3.20. The first-order chi connectivity index (χ1) is 6.57. The predicted octanol–water partition coefficient (Wildman–Crippen LogP) is 1.55. The summed E-state index contributed by atoms with van der Waals surface area (Å²) >= 11 is 0. The minimum Gasteiger partial charge on any atom is -0.326 e. The van der Waals surface area contributed by atoms with E-state index in [2.05, 4.69) is 0 Å². The molecule has 0 aliphatic heterocycles. The molecule has 2 N–H and O–H groups in total. The molecule has 2 rings (SSSR count). The fraction of sp³-hybridized carbons (Fsp3) is 0.417. The molecule has 0 saturated heterocycles. The first kappa shape index (κ1) is 9.41. The van der Waals surface area contributed by atoms with Gasteiger partial charge in [0.25, 0.3) is 0 Å². The maximum atomic E-state index is 11.8. The van der Waals surface area contributed by atoms with Crippen molar-refractivity contribution in [2.45, 2.75) is 32.2 Å². The van der Waals surface area contributed by atoms with E-state index in [0.29, 0.717) is 18.7 Å². The van der Waals surface area contributed by atoms with Gasteiger partial charge < -0.3 is 5.73 Å². The van der Waals surface area contributed by atoms with E-state index in [-0.39, 0.29) is 5.41 Å². The fourth-order valence-corrected chi connectivity index (χ4v) is 2.15. The van der Waals surface area contributed by atoms with Crippen molar-refractivity contribution in [3.63, 3.8) is 0 Å². The average Bonchev–Trinajstić information content (AvgIpc) is 2.39. The summed E-state index contributed by atoms with van der Waals surface area (Å²) in [6.45, 7) is 4.50. The molecule has 0 unspecified atom stereocenters. The van der Waals surface area contributed by atoms with Gasteiger partial charge in [0.2, 0.25) is 0 Å². The van der Waals surface area contributed by atoms with Crippen LogP contribution in [0.25, 0.3) is 0 Å². The lowest BCUT2D eigenvalue weighted by Gasteiger charge is -2.17. The monoisotopic (exact) mass is 189 g/mol. The Labute approximate surface area is 84.1 Å². The van der Waals surface area contributed by atoms with E-state index >= 15 is 0 Å². The van der Waals surface area contributed by atoms with Gasteiger partial charge in [-0.3, -0.25) is 4.79 Å². The van der Waals surface area contributed by atoms with Crippen molar-refractivity contribution in [1.29, 1.82) is 0 Å². The molecule has 0 radical (unpaired) electrons. The Hall–Kier alpha value is -1.15. The summed E-state index contributed by atoms with van der Waals surface area (Å²) in [6, 6.07) is 6.04. The molecule has 0 saturated carbocycles. The van der Waals surface area contributed by atoms with Gasteiger partial charge in [0.15, 0.2) is 0 Å². The fourth-order valence-electron chi connectivity index (χ4n) is 2.15. The van der Waals surface area contributed by atoms with Crippen molar-refractivity contribution < 1.29 is 4.79 Å². The molecule has 0 bridgehead atoms. The van der Waals surface area contributed by atoms with E-state index in [1.165, 1.54) is 0 Å². The maximum absolute atomic E-state index is 11.8. The highest BCUT2D eigenvalue weighted by Gasteiger charge is 2.38. The topological polar surface area (TPSA) is 43.1 Å². The van der Waals surface area contributed by atoms with Crippen molar-refractivity contribution in [2.75, 3.05) is 0 Å². The highest BCUT2D eigenvalue weighted by molar-refractivity contribution is 5.96. The number of hydrogen-bond donors (Lipinski definition) is 1. The average molecular weight is 189 g/mol. The zero-order chi connectivity index (χ0) is 10.3. The first-order valence-corrected chi connectivity index (χ1v) is 4.92. The summed E-state index contributed by atoms with van der Waals surface area (Å²) in [4.78, 5) is 11.8. The maximum Gasteiger partial charge on any atom is 0.147 e. The Morgan fingerprint density at radius 2 is 2.14 bits per heavy atom. The van der Waals surface area contributed by atoms with Crippen molar-refractivity contribution in [2.24, 2.45) is 5.73 Å². The quantitative estimate of drug-likeness (QED) is 0.728. The molecule has 2 heteroatoms. The molecule has 0 heterocycles. The van der Waals surface area contributed by atoms with E-state index in [0.717, 1.165) is 16.7 Å². The van der Waals surface area contributed by atoms with Crippen LogP contribution >= 0.6 is 0 Å². The van der Waals surface area contributed by atoms with Gasteiger partial charge in [-0.2, -0.15) is 0 Å². The van der Waals surface area contributed by atoms with E-state index in [4.69, 9.17) is 5.73 Å². The molecular formula is C12H15NO. The van der Waals surface area contributed by atoms with Crippen LogP contribution in [-0.4, -0.2) is 5.78 Å². The summed E-state index contributed by atoms with van der Waals surface area (Å²) in [5.41, 5.74) is 8.75. The summed E-state index contributed by atoms with van der Waals surface area (Å²) in [5, 5.41) is 0. The minimum atomic E-state index is -0.319. The summed E-state index contributed by atoms with van der Waals surface area (Å²) in [6.07, 6.45) is 0.551. The van der Waals surface area contributed by atoms with Gasteiger partial charge in [-0.1, -0.05) is 18.2 Å². The van der Waals surface area contributed by atoms with Gasteiger partial charge in [0.1, 0.15) is 5.78 Å². The van der Waals surface area contributed by atoms with E-state index in [1.54, 1.807) is 0 Å². The number of fused-ring (bicyclic) bond motifs is 1. The molecule has 1 aliphatic rings. The van der Waals surface area contributed by atoms with Crippen molar-refractivity contribution >= 4 is 5.78 Å². The summed E-state index contributed by atoms with van der Waals surface area (Å²) in [7, 11) is 0. The predicted molar refractivity (Wildman–Crippen MR) is 56.1 cm³/mol. The second-order valence-electron chi connectivity index (χ2n) is 4.37. The smallest absolute Gasteiger partial charge is 0.147 e. The molecule has 1 aliphatic carbocycles. The number of ketones is 1. The lowest BCUT2D eigenvalue weighted by atomic mass is 9.85. The molecule has 14 heavy (non-hydrogen) atoms. The van der Waals surface area contributed by atoms with Crippen molar-refractivity contribution in [3.8, 4) is 0 Å². The number of Topliss-reactive ketones (excluding diaryl/α,β-unsaturated/α-hetero) is 1. The van der Waals surface area contributed by atoms with Gasteiger partial charge in [-0.05, 0) is 30.5 Å². The molecule has 74 valence electrons. The molecule has 1 aromatic rings. The lowest BCUT2D eigenvalue weighted by Crippen LogP contribution is -2.23. The second kappa shape index (κ2) is 2.92. The van der Waals surface area contributed by atoms with Crippen LogP contribution in [0.1, 0.15) is 30.5 Å². The zero-order valence-corrected chi connectivity index (χ0v) is 8.63. The number of benzene rings is 1. The van der Waals surface area contributed by atoms with E-state index in [9.17, 15) is 4.79 Å². The lowest BCUT2D eigenvalue weighted by molar-refractivity contribution is -0.121. The van der Waals surface area contributed by atoms with Crippen LogP contribution in [0.4, 0.5) is 0 Å². The number of hydrogen-bond acceptors (Lipinski definition) is 2. The second-order valence-corrected chi connectivity index (χ2v) is 4.37. The van der Waals surface area contributed by atoms with E-state index in [1.807, 2.05) is 32.0 Å². The van der Waals surface area contributed by atoms with Gasteiger partial charge in [-0.15, -0.1) is 0 Å². The van der Waals surface area contributed by atoms with Crippen molar-refractivity contribution in [3.05, 3.63) is 34.9 Å². The molecule has 0 fully saturated rings. The summed E-state index contributed by atoms with van der Waals surface area (Å²) < 4.78 is 0. The number of carbonyl (C=O) groups is 1. The van der Waals surface area contributed by atoms with Gasteiger partial charge in [0, 0.05) is 18.4 Å². The molecule has 0 amide bonds. The Balaban J connectivity index is 2.63. The van der Waals surface area contributed by atoms with Gasteiger partial charge >= 0.3 is 0 Å². The Morgan fingerprint density at radius 3 is 2.79 bits per heavy atom. The molecular weight excluding hydrogens is 174 g/mol. The molecule has 2 nitrogen and oxygen atoms in total. The van der Waals surface area contributed by atoms with Crippen LogP contribution < -0.4 is 5.73 Å². The third kappa shape index (κ3) is 1.11. The highest BCUT2D eigenvalue weighted by atomic mass is 16.1. The van der Waals surface area contributed by atoms with Crippen LogP contribution in [0, 0.1) is 0 Å². The standard InChI is InChI=1S/C12H15NO/c1-12(2)10-5-3-4-8(7-13)9(10)6-11(12)14/h3-5H,6-7,13H2,1-2H3. The number of nitrogens with two attached hydrogens (primary N) is 1. The van der Waals surface area contributed by atoms with Crippen LogP contribution in [0.5, 0.6) is 0 Å². The first-order valence-electron chi connectivity index (χ1n) is 4.92. The number of rotatable bonds is 1. The third-order valence-electron chi connectivity index (χ3n) is 3.20. The SMILES string of the molecule is CC1(C)C(=O)Cc2c(CN)cccc21. The van der Waals surface area contributed by atoms with Gasteiger partial charge in [0.05, 0.1) is 0 Å². The molecule has 0 aromatic heterocycles. The molecule has 1 aromatic carbocycles. The van der Waals surface area contributed by atoms with Crippen LogP contribution in [0.15, 0.2) is 18.2 Å². The van der Waals surface area contributed by atoms with Crippen LogP contribution in [0.3, 0.4) is 0 Å². The summed E-state index contributed by atoms with van der Waals surface area (Å²) in [5.74, 6) is 0.299. The van der Waals surface area contributed by atoms with Crippen LogP contribution in [-0.2, 0) is 23.2 Å². The molecule has 0 atom stereocenters.